The van der Waals surface area contributed by atoms with Crippen molar-refractivity contribution in [2.75, 3.05) is 33.9 Å². The minimum atomic E-state index is -0.208. The Morgan fingerprint density at radius 1 is 1.35 bits per heavy atom. The van der Waals surface area contributed by atoms with Crippen LogP contribution < -0.4 is 5.32 Å². The third kappa shape index (κ3) is 7.97. The van der Waals surface area contributed by atoms with Crippen LogP contribution in [0.15, 0.2) is 29.3 Å². The van der Waals surface area contributed by atoms with Crippen molar-refractivity contribution in [3.8, 4) is 0 Å². The summed E-state index contributed by atoms with van der Waals surface area (Å²) in [4.78, 5) is 6.30. The molecule has 4 nitrogen and oxygen atoms in total. The largest absolute Gasteiger partial charge is 0.381 e. The molecular formula is C17H27FIN3O. The Hall–Kier alpha value is -0.890. The van der Waals surface area contributed by atoms with Crippen LogP contribution in [-0.2, 0) is 11.3 Å². The summed E-state index contributed by atoms with van der Waals surface area (Å²) in [7, 11) is 3.75. The Balaban J connectivity index is 0.00000264. The average molecular weight is 435 g/mol. The molecule has 1 aliphatic carbocycles. The van der Waals surface area contributed by atoms with Crippen molar-refractivity contribution in [2.24, 2.45) is 10.9 Å². The first-order valence-corrected chi connectivity index (χ1v) is 7.93. The molecule has 2 rings (SSSR count). The number of ether oxygens (including phenoxy) is 1. The fourth-order valence-corrected chi connectivity index (χ4v) is 2.23. The molecule has 0 amide bonds. The highest BCUT2D eigenvalue weighted by molar-refractivity contribution is 14.0. The second-order valence-electron chi connectivity index (χ2n) is 5.83. The molecule has 0 spiro atoms. The van der Waals surface area contributed by atoms with Crippen LogP contribution in [0.1, 0.15) is 24.8 Å². The van der Waals surface area contributed by atoms with Crippen LogP contribution in [-0.4, -0.2) is 44.7 Å². The molecule has 0 heterocycles. The highest BCUT2D eigenvalue weighted by atomic mass is 127. The Labute approximate surface area is 155 Å². The second-order valence-corrected chi connectivity index (χ2v) is 5.83. The zero-order valence-corrected chi connectivity index (χ0v) is 16.3. The number of nitrogens with zero attached hydrogens (tertiary/aromatic N) is 2. The van der Waals surface area contributed by atoms with E-state index in [1.807, 2.05) is 11.9 Å². The first-order valence-electron chi connectivity index (χ1n) is 7.93. The van der Waals surface area contributed by atoms with Gasteiger partial charge in [0.25, 0.3) is 0 Å². The van der Waals surface area contributed by atoms with Crippen LogP contribution in [0.3, 0.4) is 0 Å². The van der Waals surface area contributed by atoms with Gasteiger partial charge in [0, 0.05) is 40.4 Å². The van der Waals surface area contributed by atoms with Gasteiger partial charge in [-0.15, -0.1) is 24.0 Å². The van der Waals surface area contributed by atoms with E-state index in [0.717, 1.165) is 43.6 Å². The predicted octanol–water partition coefficient (Wildman–Crippen LogP) is 3.27. The third-order valence-electron chi connectivity index (χ3n) is 3.71. The summed E-state index contributed by atoms with van der Waals surface area (Å²) in [6.45, 7) is 3.24. The number of halogens is 2. The standard InChI is InChI=1S/C17H26FN3O.HI/c1-19-17(20-10-3-11-22-13-15-4-5-15)21(2)12-14-6-8-16(18)9-7-14;/h6-9,15H,3-5,10-13H2,1-2H3,(H,19,20);1H. The SMILES string of the molecule is CN=C(NCCCOCC1CC1)N(C)Cc1ccc(F)cc1.I. The number of benzene rings is 1. The number of nitrogens with one attached hydrogen (secondary N) is 1. The summed E-state index contributed by atoms with van der Waals surface area (Å²) in [6, 6.07) is 6.56. The van der Waals surface area contributed by atoms with Crippen molar-refractivity contribution in [1.82, 2.24) is 10.2 Å². The van der Waals surface area contributed by atoms with Crippen LogP contribution in [0.5, 0.6) is 0 Å². The summed E-state index contributed by atoms with van der Waals surface area (Å²) in [6.07, 6.45) is 3.63. The van der Waals surface area contributed by atoms with Gasteiger partial charge in [-0.1, -0.05) is 12.1 Å². The third-order valence-corrected chi connectivity index (χ3v) is 3.71. The molecule has 6 heteroatoms. The molecule has 130 valence electrons. The zero-order valence-electron chi connectivity index (χ0n) is 13.9. The zero-order chi connectivity index (χ0) is 15.8. The van der Waals surface area contributed by atoms with Gasteiger partial charge in [-0.05, 0) is 42.9 Å². The van der Waals surface area contributed by atoms with Crippen LogP contribution in [0.4, 0.5) is 4.39 Å². The molecule has 0 saturated heterocycles. The molecule has 0 aromatic heterocycles. The number of rotatable bonds is 8. The van der Waals surface area contributed by atoms with E-state index in [4.69, 9.17) is 4.74 Å². The molecule has 1 N–H and O–H groups in total. The molecule has 23 heavy (non-hydrogen) atoms. The molecule has 0 aliphatic heterocycles. The summed E-state index contributed by atoms with van der Waals surface area (Å²) >= 11 is 0. The van der Waals surface area contributed by atoms with Gasteiger partial charge in [-0.25, -0.2) is 4.39 Å². The number of hydrogen-bond donors (Lipinski definition) is 1. The normalized spacial score (nSPS) is 14.3. The van der Waals surface area contributed by atoms with Crippen LogP contribution in [0, 0.1) is 11.7 Å². The predicted molar refractivity (Wildman–Crippen MR) is 103 cm³/mol. The van der Waals surface area contributed by atoms with Crippen molar-refractivity contribution in [1.29, 1.82) is 0 Å². The lowest BCUT2D eigenvalue weighted by atomic mass is 10.2. The Morgan fingerprint density at radius 2 is 2.04 bits per heavy atom. The Kier molecular flexibility index (Phi) is 9.47. The molecule has 1 aromatic carbocycles. The Morgan fingerprint density at radius 3 is 2.65 bits per heavy atom. The van der Waals surface area contributed by atoms with E-state index in [9.17, 15) is 4.39 Å². The molecule has 0 atom stereocenters. The number of hydrogen-bond acceptors (Lipinski definition) is 2. The molecular weight excluding hydrogens is 408 g/mol. The van der Waals surface area contributed by atoms with Gasteiger partial charge in [-0.2, -0.15) is 0 Å². The fourth-order valence-electron chi connectivity index (χ4n) is 2.23. The smallest absolute Gasteiger partial charge is 0.193 e. The lowest BCUT2D eigenvalue weighted by Gasteiger charge is -2.22. The number of guanidine groups is 1. The van der Waals surface area contributed by atoms with Crippen LogP contribution in [0.2, 0.25) is 0 Å². The maximum absolute atomic E-state index is 12.9. The van der Waals surface area contributed by atoms with E-state index in [2.05, 4.69) is 10.3 Å². The van der Waals surface area contributed by atoms with Gasteiger partial charge in [0.15, 0.2) is 5.96 Å². The lowest BCUT2D eigenvalue weighted by molar-refractivity contribution is 0.122. The van der Waals surface area contributed by atoms with E-state index in [0.29, 0.717) is 6.54 Å². The molecule has 1 aliphatic rings. The molecule has 1 saturated carbocycles. The molecule has 0 radical (unpaired) electrons. The molecule has 1 aromatic rings. The van der Waals surface area contributed by atoms with Crippen LogP contribution >= 0.6 is 24.0 Å². The van der Waals surface area contributed by atoms with Crippen molar-refractivity contribution in [3.63, 3.8) is 0 Å². The molecule has 1 fully saturated rings. The van der Waals surface area contributed by atoms with E-state index >= 15 is 0 Å². The minimum absolute atomic E-state index is 0. The summed E-state index contributed by atoms with van der Waals surface area (Å²) in [5.74, 6) is 1.45. The van der Waals surface area contributed by atoms with E-state index in [1.54, 1.807) is 19.2 Å². The van der Waals surface area contributed by atoms with Crippen molar-refractivity contribution in [2.45, 2.75) is 25.8 Å². The van der Waals surface area contributed by atoms with Gasteiger partial charge in [0.2, 0.25) is 0 Å². The van der Waals surface area contributed by atoms with Gasteiger partial charge in [0.1, 0.15) is 5.82 Å². The highest BCUT2D eigenvalue weighted by Crippen LogP contribution is 2.28. The maximum atomic E-state index is 12.9. The van der Waals surface area contributed by atoms with Crippen molar-refractivity contribution in [3.05, 3.63) is 35.6 Å². The molecule has 0 bridgehead atoms. The van der Waals surface area contributed by atoms with Crippen molar-refractivity contribution < 1.29 is 9.13 Å². The van der Waals surface area contributed by atoms with Crippen molar-refractivity contribution >= 4 is 29.9 Å². The maximum Gasteiger partial charge on any atom is 0.193 e. The first-order chi connectivity index (χ1) is 10.7. The first kappa shape index (κ1) is 20.2. The van der Waals surface area contributed by atoms with Gasteiger partial charge in [-0.3, -0.25) is 4.99 Å². The van der Waals surface area contributed by atoms with E-state index in [1.165, 1.54) is 25.0 Å². The average Bonchev–Trinajstić information content (AvgIpc) is 3.33. The topological polar surface area (TPSA) is 36.9 Å². The van der Waals surface area contributed by atoms with Gasteiger partial charge < -0.3 is 15.0 Å². The minimum Gasteiger partial charge on any atom is -0.381 e. The fraction of sp³-hybridized carbons (Fsp3) is 0.588. The summed E-state index contributed by atoms with van der Waals surface area (Å²) in [5, 5.41) is 3.33. The lowest BCUT2D eigenvalue weighted by Crippen LogP contribution is -2.39. The summed E-state index contributed by atoms with van der Waals surface area (Å²) < 4.78 is 18.5. The van der Waals surface area contributed by atoms with Gasteiger partial charge >= 0.3 is 0 Å². The van der Waals surface area contributed by atoms with E-state index in [-0.39, 0.29) is 29.8 Å². The van der Waals surface area contributed by atoms with Crippen LogP contribution in [0.25, 0.3) is 0 Å². The summed E-state index contributed by atoms with van der Waals surface area (Å²) in [5.41, 5.74) is 1.06. The quantitative estimate of drug-likeness (QED) is 0.295. The Bertz CT molecular complexity index is 477. The molecule has 0 unspecified atom stereocenters. The van der Waals surface area contributed by atoms with E-state index < -0.39 is 0 Å². The monoisotopic (exact) mass is 435 g/mol. The van der Waals surface area contributed by atoms with Gasteiger partial charge in [0.05, 0.1) is 0 Å². The number of aliphatic imine (C=N–C) groups is 1. The second kappa shape index (κ2) is 10.8. The highest BCUT2D eigenvalue weighted by Gasteiger charge is 2.20.